The number of nitrogens with zero attached hydrogens (tertiary/aromatic N) is 2. The molecule has 1 aromatic carbocycles. The van der Waals surface area contributed by atoms with Gasteiger partial charge < -0.3 is 10.1 Å². The highest BCUT2D eigenvalue weighted by Crippen LogP contribution is 2.27. The Hall–Kier alpha value is -2.70. The van der Waals surface area contributed by atoms with Crippen molar-refractivity contribution in [1.82, 2.24) is 9.97 Å². The Morgan fingerprint density at radius 3 is 2.75 bits per heavy atom. The Balaban J connectivity index is 1.43. The third kappa shape index (κ3) is 4.58. The molecule has 0 saturated carbocycles. The van der Waals surface area contributed by atoms with Crippen LogP contribution in [0.2, 0.25) is 0 Å². The van der Waals surface area contributed by atoms with Gasteiger partial charge in [-0.15, -0.1) is 11.8 Å². The van der Waals surface area contributed by atoms with E-state index in [1.807, 2.05) is 48.5 Å². The Labute approximate surface area is 168 Å². The minimum Gasteiger partial charge on any atom is -0.377 e. The number of nitrogens with one attached hydrogen (secondary N) is 1. The summed E-state index contributed by atoms with van der Waals surface area (Å²) in [5.74, 6) is 1.22. The number of benzene rings is 1. The van der Waals surface area contributed by atoms with Crippen LogP contribution >= 0.6 is 11.8 Å². The summed E-state index contributed by atoms with van der Waals surface area (Å²) in [5.41, 5.74) is 2.41. The van der Waals surface area contributed by atoms with Crippen molar-refractivity contribution >= 4 is 23.5 Å². The van der Waals surface area contributed by atoms with Gasteiger partial charge in [-0.1, -0.05) is 18.2 Å². The summed E-state index contributed by atoms with van der Waals surface area (Å²) in [6.45, 7) is 0.841. The molecule has 0 spiro atoms. The molecule has 5 nitrogen and oxygen atoms in total. The van der Waals surface area contributed by atoms with E-state index in [1.165, 1.54) is 0 Å². The van der Waals surface area contributed by atoms with E-state index in [-0.39, 0.29) is 12.0 Å². The average Bonchev–Trinajstić information content (AvgIpc) is 3.27. The zero-order chi connectivity index (χ0) is 19.2. The first-order valence-corrected chi connectivity index (χ1v) is 10.3. The van der Waals surface area contributed by atoms with Gasteiger partial charge in [-0.05, 0) is 49.2 Å². The smallest absolute Gasteiger partial charge is 0.257 e. The van der Waals surface area contributed by atoms with E-state index >= 15 is 0 Å². The van der Waals surface area contributed by atoms with Gasteiger partial charge in [0.1, 0.15) is 5.82 Å². The molecule has 28 heavy (non-hydrogen) atoms. The molecule has 0 bridgehead atoms. The molecule has 3 aromatic rings. The highest BCUT2D eigenvalue weighted by atomic mass is 32.2. The topological polar surface area (TPSA) is 64.1 Å². The van der Waals surface area contributed by atoms with Crippen molar-refractivity contribution in [2.24, 2.45) is 0 Å². The van der Waals surface area contributed by atoms with Gasteiger partial charge in [-0.3, -0.25) is 9.78 Å². The lowest BCUT2D eigenvalue weighted by Gasteiger charge is -2.12. The highest BCUT2D eigenvalue weighted by molar-refractivity contribution is 7.99. The van der Waals surface area contributed by atoms with Crippen molar-refractivity contribution in [3.8, 4) is 11.3 Å². The molecule has 1 atom stereocenters. The van der Waals surface area contributed by atoms with E-state index in [2.05, 4.69) is 15.3 Å². The molecule has 1 N–H and O–H groups in total. The zero-order valence-electron chi connectivity index (χ0n) is 15.4. The molecule has 1 aliphatic rings. The lowest BCUT2D eigenvalue weighted by molar-refractivity contribution is 0.102. The predicted molar refractivity (Wildman–Crippen MR) is 112 cm³/mol. The van der Waals surface area contributed by atoms with Gasteiger partial charge in [0.15, 0.2) is 0 Å². The number of carbonyl (C=O) groups is 1. The maximum Gasteiger partial charge on any atom is 0.257 e. The summed E-state index contributed by atoms with van der Waals surface area (Å²) in [5, 5.41) is 2.89. The molecule has 0 unspecified atom stereocenters. The molecule has 2 aromatic heterocycles. The van der Waals surface area contributed by atoms with Crippen molar-refractivity contribution in [1.29, 1.82) is 0 Å². The first-order chi connectivity index (χ1) is 13.8. The van der Waals surface area contributed by atoms with Gasteiger partial charge in [0.2, 0.25) is 0 Å². The predicted octanol–water partition coefficient (Wildman–Crippen LogP) is 4.67. The summed E-state index contributed by atoms with van der Waals surface area (Å²) in [7, 11) is 0. The molecule has 0 aliphatic carbocycles. The molecule has 142 valence electrons. The monoisotopic (exact) mass is 391 g/mol. The Bertz CT molecular complexity index is 926. The van der Waals surface area contributed by atoms with Crippen LogP contribution in [-0.2, 0) is 4.74 Å². The molecule has 1 aliphatic heterocycles. The second kappa shape index (κ2) is 8.99. The lowest BCUT2D eigenvalue weighted by Crippen LogP contribution is -2.14. The largest absolute Gasteiger partial charge is 0.377 e. The fourth-order valence-electron chi connectivity index (χ4n) is 3.08. The van der Waals surface area contributed by atoms with E-state index in [0.717, 1.165) is 41.4 Å². The number of thioether (sulfide) groups is 1. The molecule has 6 heteroatoms. The van der Waals surface area contributed by atoms with Crippen molar-refractivity contribution in [2.75, 3.05) is 17.7 Å². The highest BCUT2D eigenvalue weighted by Gasteiger charge is 2.18. The number of aromatic nitrogens is 2. The molecule has 1 saturated heterocycles. The van der Waals surface area contributed by atoms with Crippen molar-refractivity contribution in [3.63, 3.8) is 0 Å². The van der Waals surface area contributed by atoms with Gasteiger partial charge in [0.05, 0.1) is 17.4 Å². The summed E-state index contributed by atoms with van der Waals surface area (Å²) >= 11 is 1.67. The normalized spacial score (nSPS) is 16.1. The molecule has 1 fully saturated rings. The first-order valence-electron chi connectivity index (χ1n) is 9.32. The number of carbonyl (C=O) groups excluding carboxylic acids is 1. The quantitative estimate of drug-likeness (QED) is 0.619. The first kappa shape index (κ1) is 18.7. The van der Waals surface area contributed by atoms with E-state index in [9.17, 15) is 4.79 Å². The number of ether oxygens (including phenoxy) is 1. The maximum atomic E-state index is 12.8. The van der Waals surface area contributed by atoms with Crippen LogP contribution < -0.4 is 5.32 Å². The molecule has 0 radical (unpaired) electrons. The molecular formula is C22H21N3O2S. The maximum absolute atomic E-state index is 12.8. The van der Waals surface area contributed by atoms with Crippen LogP contribution in [-0.4, -0.2) is 34.3 Å². The van der Waals surface area contributed by atoms with Gasteiger partial charge in [0, 0.05) is 35.2 Å². The number of hydrogen-bond acceptors (Lipinski definition) is 5. The Morgan fingerprint density at radius 2 is 2.00 bits per heavy atom. The van der Waals surface area contributed by atoms with Crippen LogP contribution in [0.1, 0.15) is 23.2 Å². The minimum absolute atomic E-state index is 0.159. The van der Waals surface area contributed by atoms with Crippen LogP contribution in [0.3, 0.4) is 0 Å². The van der Waals surface area contributed by atoms with Crippen molar-refractivity contribution in [3.05, 3.63) is 72.6 Å². The van der Waals surface area contributed by atoms with E-state index < -0.39 is 0 Å². The number of amides is 1. The van der Waals surface area contributed by atoms with E-state index in [1.54, 1.807) is 30.2 Å². The molecule has 3 heterocycles. The fraction of sp³-hybridized carbons (Fsp3) is 0.227. The van der Waals surface area contributed by atoms with Gasteiger partial charge in [-0.2, -0.15) is 0 Å². The molecule has 4 rings (SSSR count). The summed E-state index contributed by atoms with van der Waals surface area (Å²) in [4.78, 5) is 22.4. The van der Waals surface area contributed by atoms with Crippen LogP contribution in [0.4, 0.5) is 5.82 Å². The summed E-state index contributed by atoms with van der Waals surface area (Å²) < 4.78 is 5.68. The van der Waals surface area contributed by atoms with Crippen LogP contribution in [0.5, 0.6) is 0 Å². The van der Waals surface area contributed by atoms with E-state index in [4.69, 9.17) is 4.74 Å². The number of rotatable bonds is 6. The summed E-state index contributed by atoms with van der Waals surface area (Å²) in [6.07, 6.45) is 5.95. The van der Waals surface area contributed by atoms with Crippen LogP contribution in [0.25, 0.3) is 11.3 Å². The van der Waals surface area contributed by atoms with Gasteiger partial charge in [-0.25, -0.2) is 4.98 Å². The number of pyridine rings is 2. The third-order valence-corrected chi connectivity index (χ3v) is 5.75. The second-order valence-corrected chi connectivity index (χ2v) is 7.61. The standard InChI is InChI=1S/C22H21N3O2S/c26-22(18-7-1-2-9-20(18)28-15-17-6-5-13-27-17)25-21-11-10-16(14-24-21)19-8-3-4-12-23-19/h1-4,7-12,14,17H,5-6,13,15H2,(H,24,25,26)/t17-/m1/s1. The fourth-order valence-corrected chi connectivity index (χ4v) is 4.19. The Morgan fingerprint density at radius 1 is 1.11 bits per heavy atom. The lowest BCUT2D eigenvalue weighted by atomic mass is 10.2. The van der Waals surface area contributed by atoms with E-state index in [0.29, 0.717) is 11.4 Å². The van der Waals surface area contributed by atoms with Crippen molar-refractivity contribution in [2.45, 2.75) is 23.8 Å². The zero-order valence-corrected chi connectivity index (χ0v) is 16.2. The average molecular weight is 391 g/mol. The number of anilines is 1. The van der Waals surface area contributed by atoms with Crippen molar-refractivity contribution < 1.29 is 9.53 Å². The van der Waals surface area contributed by atoms with Gasteiger partial charge >= 0.3 is 0 Å². The second-order valence-electron chi connectivity index (χ2n) is 6.54. The number of hydrogen-bond donors (Lipinski definition) is 1. The SMILES string of the molecule is O=C(Nc1ccc(-c2ccccn2)cn1)c1ccccc1SC[C@H]1CCCO1. The van der Waals surface area contributed by atoms with Crippen LogP contribution in [0, 0.1) is 0 Å². The third-order valence-electron chi connectivity index (χ3n) is 4.55. The Kier molecular flexibility index (Phi) is 5.99. The van der Waals surface area contributed by atoms with Gasteiger partial charge in [0.25, 0.3) is 5.91 Å². The molecule has 1 amide bonds. The minimum atomic E-state index is -0.159. The van der Waals surface area contributed by atoms with Crippen LogP contribution in [0.15, 0.2) is 71.9 Å². The summed E-state index contributed by atoms with van der Waals surface area (Å²) in [6, 6.07) is 17.1. The molecular weight excluding hydrogens is 370 g/mol.